The minimum absolute atomic E-state index is 0.00900. The monoisotopic (exact) mass is 343 g/mol. The molecule has 2 atom stereocenters. The summed E-state index contributed by atoms with van der Waals surface area (Å²) >= 11 is 0. The van der Waals surface area contributed by atoms with Crippen molar-refractivity contribution in [3.8, 4) is 0 Å². The van der Waals surface area contributed by atoms with Crippen molar-refractivity contribution in [3.05, 3.63) is 29.8 Å². The number of amides is 3. The van der Waals surface area contributed by atoms with Crippen molar-refractivity contribution in [3.63, 3.8) is 0 Å². The van der Waals surface area contributed by atoms with E-state index >= 15 is 0 Å². The van der Waals surface area contributed by atoms with E-state index in [-0.39, 0.29) is 19.4 Å². The Kier molecular flexibility index (Phi) is 5.69. The summed E-state index contributed by atoms with van der Waals surface area (Å²) in [5, 5.41) is 4.98. The number of alkyl halides is 3. The van der Waals surface area contributed by atoms with E-state index in [1.54, 1.807) is 24.3 Å². The van der Waals surface area contributed by atoms with E-state index in [9.17, 15) is 22.8 Å². The zero-order chi connectivity index (χ0) is 17.7. The van der Waals surface area contributed by atoms with Gasteiger partial charge in [-0.3, -0.25) is 4.79 Å². The van der Waals surface area contributed by atoms with Gasteiger partial charge < -0.3 is 16.4 Å². The third-order valence-electron chi connectivity index (χ3n) is 4.21. The molecule has 0 radical (unpaired) electrons. The van der Waals surface area contributed by atoms with Gasteiger partial charge in [0, 0.05) is 18.2 Å². The normalized spacial score (nSPS) is 21.1. The first-order chi connectivity index (χ1) is 11.3. The minimum atomic E-state index is -4.34. The number of primary amides is 1. The standard InChI is InChI=1S/C16H20F3N3O2/c17-16(18,19)13-4-2-1-3-12(13)14(23)21-9-10-5-7-11(8-6-10)22-15(20)24/h5-8,12-13H,1-4,9H2,(H,21,23)(H3,20,22,24). The van der Waals surface area contributed by atoms with Crippen LogP contribution in [0.1, 0.15) is 31.2 Å². The molecular formula is C16H20F3N3O2. The zero-order valence-corrected chi connectivity index (χ0v) is 13.0. The Labute approximate surface area is 137 Å². The van der Waals surface area contributed by atoms with E-state index in [0.717, 1.165) is 5.56 Å². The van der Waals surface area contributed by atoms with Crippen molar-refractivity contribution in [2.75, 3.05) is 5.32 Å². The molecule has 0 saturated heterocycles. The first kappa shape index (κ1) is 18.1. The zero-order valence-electron chi connectivity index (χ0n) is 13.0. The highest BCUT2D eigenvalue weighted by Crippen LogP contribution is 2.41. The maximum atomic E-state index is 13.0. The van der Waals surface area contributed by atoms with Gasteiger partial charge in [-0.05, 0) is 30.5 Å². The van der Waals surface area contributed by atoms with Gasteiger partial charge in [-0.15, -0.1) is 0 Å². The first-order valence-corrected chi connectivity index (χ1v) is 7.77. The Morgan fingerprint density at radius 2 is 1.75 bits per heavy atom. The van der Waals surface area contributed by atoms with Crippen LogP contribution in [0.15, 0.2) is 24.3 Å². The third-order valence-corrected chi connectivity index (χ3v) is 4.21. The summed E-state index contributed by atoms with van der Waals surface area (Å²) in [5.41, 5.74) is 6.21. The molecule has 1 fully saturated rings. The number of halogens is 3. The quantitative estimate of drug-likeness (QED) is 0.784. The molecule has 0 bridgehead atoms. The molecule has 1 aliphatic carbocycles. The lowest BCUT2D eigenvalue weighted by Crippen LogP contribution is -2.42. The topological polar surface area (TPSA) is 84.2 Å². The van der Waals surface area contributed by atoms with Gasteiger partial charge in [0.15, 0.2) is 0 Å². The summed E-state index contributed by atoms with van der Waals surface area (Å²) in [6.07, 6.45) is -2.93. The molecule has 2 unspecified atom stereocenters. The number of carbonyl (C=O) groups excluding carboxylic acids is 2. The van der Waals surface area contributed by atoms with Crippen LogP contribution < -0.4 is 16.4 Å². The van der Waals surface area contributed by atoms with E-state index in [1.807, 2.05) is 0 Å². The van der Waals surface area contributed by atoms with Gasteiger partial charge in [0.2, 0.25) is 5.91 Å². The Hall–Kier alpha value is -2.25. The summed E-state index contributed by atoms with van der Waals surface area (Å²) in [6.45, 7) is 0.136. The van der Waals surface area contributed by atoms with Gasteiger partial charge in [0.05, 0.1) is 5.92 Å². The highest BCUT2D eigenvalue weighted by atomic mass is 19.4. The number of benzene rings is 1. The van der Waals surface area contributed by atoms with Crippen molar-refractivity contribution in [2.24, 2.45) is 17.6 Å². The van der Waals surface area contributed by atoms with E-state index in [4.69, 9.17) is 5.73 Å². The molecule has 0 aliphatic heterocycles. The number of urea groups is 1. The van der Waals surface area contributed by atoms with Crippen LogP contribution >= 0.6 is 0 Å². The lowest BCUT2D eigenvalue weighted by atomic mass is 9.78. The van der Waals surface area contributed by atoms with Crippen LogP contribution in [0.2, 0.25) is 0 Å². The SMILES string of the molecule is NC(=O)Nc1ccc(CNC(=O)C2CCCCC2C(F)(F)F)cc1. The van der Waals surface area contributed by atoms with Crippen LogP contribution in [0.4, 0.5) is 23.7 Å². The number of carbonyl (C=O) groups is 2. The van der Waals surface area contributed by atoms with Crippen LogP contribution in [0.25, 0.3) is 0 Å². The molecule has 0 spiro atoms. The molecule has 1 aromatic carbocycles. The van der Waals surface area contributed by atoms with Gasteiger partial charge in [0.25, 0.3) is 0 Å². The number of anilines is 1. The van der Waals surface area contributed by atoms with Gasteiger partial charge in [-0.25, -0.2) is 4.79 Å². The highest BCUT2D eigenvalue weighted by Gasteiger charge is 2.47. The summed E-state index contributed by atoms with van der Waals surface area (Å²) in [6, 6.07) is 5.84. The molecule has 1 aliphatic rings. The molecule has 132 valence electrons. The maximum Gasteiger partial charge on any atom is 0.392 e. The first-order valence-electron chi connectivity index (χ1n) is 7.77. The van der Waals surface area contributed by atoms with Crippen molar-refractivity contribution in [1.82, 2.24) is 5.32 Å². The van der Waals surface area contributed by atoms with Gasteiger partial charge >= 0.3 is 12.2 Å². The average molecular weight is 343 g/mol. The van der Waals surface area contributed by atoms with Crippen LogP contribution in [-0.2, 0) is 11.3 Å². The maximum absolute atomic E-state index is 13.0. The summed E-state index contributed by atoms with van der Waals surface area (Å²) in [4.78, 5) is 22.9. The number of hydrogen-bond acceptors (Lipinski definition) is 2. The third kappa shape index (κ3) is 4.87. The second kappa shape index (κ2) is 7.55. The molecule has 24 heavy (non-hydrogen) atoms. The number of nitrogens with one attached hydrogen (secondary N) is 2. The fraction of sp³-hybridized carbons (Fsp3) is 0.500. The molecule has 0 heterocycles. The second-order valence-corrected chi connectivity index (χ2v) is 5.94. The van der Waals surface area contributed by atoms with Crippen molar-refractivity contribution in [1.29, 1.82) is 0 Å². The molecule has 5 nitrogen and oxygen atoms in total. The van der Waals surface area contributed by atoms with Gasteiger partial charge in [-0.1, -0.05) is 25.0 Å². The molecule has 4 N–H and O–H groups in total. The van der Waals surface area contributed by atoms with Gasteiger partial charge in [0.1, 0.15) is 0 Å². The lowest BCUT2D eigenvalue weighted by molar-refractivity contribution is -0.198. The Morgan fingerprint density at radius 3 is 2.33 bits per heavy atom. The summed E-state index contributed by atoms with van der Waals surface area (Å²) < 4.78 is 39.1. The van der Waals surface area contributed by atoms with Crippen LogP contribution in [0.3, 0.4) is 0 Å². The predicted molar refractivity (Wildman–Crippen MR) is 83.0 cm³/mol. The number of hydrogen-bond donors (Lipinski definition) is 3. The minimum Gasteiger partial charge on any atom is -0.352 e. The lowest BCUT2D eigenvalue weighted by Gasteiger charge is -2.32. The molecule has 3 amide bonds. The molecule has 1 saturated carbocycles. The van der Waals surface area contributed by atoms with Crippen LogP contribution in [0.5, 0.6) is 0 Å². The van der Waals surface area contributed by atoms with Gasteiger partial charge in [-0.2, -0.15) is 13.2 Å². The van der Waals surface area contributed by atoms with Crippen LogP contribution in [-0.4, -0.2) is 18.1 Å². The molecule has 2 rings (SSSR count). The summed E-state index contributed by atoms with van der Waals surface area (Å²) in [5.74, 6) is -3.14. The van der Waals surface area contributed by atoms with E-state index in [1.165, 1.54) is 0 Å². The predicted octanol–water partition coefficient (Wildman–Crippen LogP) is 3.16. The second-order valence-electron chi connectivity index (χ2n) is 5.94. The number of rotatable bonds is 4. The van der Waals surface area contributed by atoms with E-state index in [2.05, 4.69) is 10.6 Å². The largest absolute Gasteiger partial charge is 0.392 e. The van der Waals surface area contributed by atoms with Crippen molar-refractivity contribution < 1.29 is 22.8 Å². The number of nitrogens with two attached hydrogens (primary N) is 1. The Bertz CT molecular complexity index is 587. The highest BCUT2D eigenvalue weighted by molar-refractivity contribution is 5.87. The smallest absolute Gasteiger partial charge is 0.352 e. The fourth-order valence-corrected chi connectivity index (χ4v) is 3.00. The van der Waals surface area contributed by atoms with E-state index < -0.39 is 30.0 Å². The molecule has 8 heteroatoms. The van der Waals surface area contributed by atoms with Crippen LogP contribution in [0, 0.1) is 11.8 Å². The molecular weight excluding hydrogens is 323 g/mol. The van der Waals surface area contributed by atoms with Crippen molar-refractivity contribution in [2.45, 2.75) is 38.4 Å². The molecule has 0 aromatic heterocycles. The van der Waals surface area contributed by atoms with Crippen molar-refractivity contribution >= 4 is 17.6 Å². The average Bonchev–Trinajstić information content (AvgIpc) is 2.52. The fourth-order valence-electron chi connectivity index (χ4n) is 3.00. The van der Waals surface area contributed by atoms with E-state index in [0.29, 0.717) is 18.5 Å². The Morgan fingerprint density at radius 1 is 1.12 bits per heavy atom. The summed E-state index contributed by atoms with van der Waals surface area (Å²) in [7, 11) is 0. The Balaban J connectivity index is 1.93. The molecule has 1 aromatic rings.